The van der Waals surface area contributed by atoms with Gasteiger partial charge >= 0.3 is 0 Å². The van der Waals surface area contributed by atoms with E-state index in [1.807, 2.05) is 44.5 Å². The van der Waals surface area contributed by atoms with Gasteiger partial charge in [0.05, 0.1) is 11.1 Å². The molecule has 1 N–H and O–H groups in total. The Balaban J connectivity index is 0.000000186. The van der Waals surface area contributed by atoms with E-state index in [0.29, 0.717) is 23.5 Å². The molecule has 0 saturated heterocycles. The normalized spacial score (nSPS) is 30.0. The quantitative estimate of drug-likeness (QED) is 0.326. The van der Waals surface area contributed by atoms with Gasteiger partial charge in [-0.25, -0.2) is 0 Å². The molecule has 1 spiro atoms. The predicted octanol–water partition coefficient (Wildman–Crippen LogP) is 15.8. The van der Waals surface area contributed by atoms with E-state index in [1.165, 1.54) is 48.0 Å². The number of benzene rings is 2. The summed E-state index contributed by atoms with van der Waals surface area (Å²) in [5.74, 6) is 1.75. The van der Waals surface area contributed by atoms with Crippen LogP contribution in [0.15, 0.2) is 203 Å². The van der Waals surface area contributed by atoms with Gasteiger partial charge in [-0.15, -0.1) is 0 Å². The molecule has 1 fully saturated rings. The number of hydrogen-bond donors (Lipinski definition) is 1. The standard InChI is InChI=1S/C41H36.C16H18N2.2C3H8/c1-26-20-21-30-28-12-3-5-16-33(28)41(37(30)23-26)35-18-7-6-17-34(35)40(25-39-22-9-8-11-27(39)24-39)32-15-4-2-13-29(32)31-14-10-19-36(41)38(31)40;1-18(2)16(13-9-5-3-4-6-10-13)14-11-7-8-12-15(14)17;2*1-3-2/h2-4,6-14,17-22,26-27,32H,5,15-16,23-25H2,1H3;3-9,11-12,17H,10H2,1-2H3;2*3H2,1-2H3/b;16-14-,17-15?;;. The van der Waals surface area contributed by atoms with Gasteiger partial charge in [-0.05, 0) is 130 Å². The van der Waals surface area contributed by atoms with Crippen molar-refractivity contribution in [3.05, 3.63) is 231 Å². The van der Waals surface area contributed by atoms with Crippen LogP contribution >= 0.6 is 0 Å². The predicted molar refractivity (Wildman–Crippen MR) is 278 cm³/mol. The molecule has 0 heterocycles. The average Bonchev–Trinajstić information content (AvgIpc) is 3.98. The van der Waals surface area contributed by atoms with Crippen molar-refractivity contribution < 1.29 is 0 Å². The lowest BCUT2D eigenvalue weighted by atomic mass is 9.49. The van der Waals surface area contributed by atoms with Crippen LogP contribution < -0.4 is 0 Å². The Morgan fingerprint density at radius 3 is 2.28 bits per heavy atom. The molecule has 6 unspecified atom stereocenters. The van der Waals surface area contributed by atoms with Gasteiger partial charge in [-0.3, -0.25) is 0 Å². The second-order valence-corrected chi connectivity index (χ2v) is 20.0. The van der Waals surface area contributed by atoms with Gasteiger partial charge < -0.3 is 10.3 Å². The maximum absolute atomic E-state index is 8.06. The van der Waals surface area contributed by atoms with Crippen LogP contribution in [0.4, 0.5) is 0 Å². The zero-order valence-corrected chi connectivity index (χ0v) is 40.1. The Morgan fingerprint density at radius 2 is 1.49 bits per heavy atom. The largest absolute Gasteiger partial charge is 0.377 e. The molecule has 0 radical (unpaired) electrons. The van der Waals surface area contributed by atoms with Gasteiger partial charge in [-0.1, -0.05) is 205 Å². The van der Waals surface area contributed by atoms with Gasteiger partial charge in [0.1, 0.15) is 0 Å². The fraction of sp³-hybridized carbons (Fsp3) is 0.349. The zero-order valence-electron chi connectivity index (χ0n) is 40.1. The number of allylic oxidation sites excluding steroid dienone is 27. The SMILES string of the molecule is CC1C=CC2=C(C1)C1(C3=C2C=CCC3)c2ccccc2C2(CC34C=CC=CC3C4)c3c(cccc31)C1=CC=CCC12.CCC.CCC.CN(C)/C(C1=CC=CC=CC1)=C1/C=CC=CC1=N. The molecule has 0 aromatic heterocycles. The summed E-state index contributed by atoms with van der Waals surface area (Å²) < 4.78 is 0. The molecular formula is C63H70N2. The molecule has 332 valence electrons. The van der Waals surface area contributed by atoms with Crippen molar-refractivity contribution >= 4 is 11.3 Å². The maximum atomic E-state index is 8.06. The summed E-state index contributed by atoms with van der Waals surface area (Å²) >= 11 is 0. The third kappa shape index (κ3) is 7.27. The molecule has 10 aliphatic rings. The molecule has 12 rings (SSSR count). The minimum absolute atomic E-state index is 0.000696. The summed E-state index contributed by atoms with van der Waals surface area (Å²) in [5, 5.41) is 8.06. The van der Waals surface area contributed by atoms with Crippen LogP contribution in [0.1, 0.15) is 120 Å². The lowest BCUT2D eigenvalue weighted by molar-refractivity contribution is 0.304. The first kappa shape index (κ1) is 44.5. The second kappa shape index (κ2) is 18.3. The summed E-state index contributed by atoms with van der Waals surface area (Å²) in [6, 6.07) is 17.2. The molecule has 0 bridgehead atoms. The molecule has 65 heavy (non-hydrogen) atoms. The van der Waals surface area contributed by atoms with E-state index in [9.17, 15) is 0 Å². The van der Waals surface area contributed by atoms with Gasteiger partial charge in [0, 0.05) is 36.7 Å². The highest BCUT2D eigenvalue weighted by Gasteiger charge is 2.66. The van der Waals surface area contributed by atoms with E-state index in [2.05, 4.69) is 173 Å². The Labute approximate surface area is 391 Å². The third-order valence-electron chi connectivity index (χ3n) is 15.2. The topological polar surface area (TPSA) is 27.1 Å². The van der Waals surface area contributed by atoms with E-state index in [-0.39, 0.29) is 16.2 Å². The number of hydrogen-bond acceptors (Lipinski definition) is 2. The molecule has 2 aromatic carbocycles. The van der Waals surface area contributed by atoms with Gasteiger partial charge in [0.2, 0.25) is 0 Å². The number of likely N-dealkylation sites (N-methyl/N-ethyl adjacent to an activating group) is 1. The monoisotopic (exact) mass is 855 g/mol. The highest BCUT2D eigenvalue weighted by Crippen LogP contribution is 2.74. The van der Waals surface area contributed by atoms with Gasteiger partial charge in [0.15, 0.2) is 0 Å². The smallest absolute Gasteiger partial charge is 0.0645 e. The van der Waals surface area contributed by atoms with Crippen molar-refractivity contribution in [3.8, 4) is 0 Å². The van der Waals surface area contributed by atoms with Crippen molar-refractivity contribution in [2.24, 2.45) is 23.2 Å². The van der Waals surface area contributed by atoms with Crippen molar-refractivity contribution in [1.29, 1.82) is 5.41 Å². The van der Waals surface area contributed by atoms with E-state index >= 15 is 0 Å². The van der Waals surface area contributed by atoms with E-state index in [4.69, 9.17) is 5.41 Å². The summed E-state index contributed by atoms with van der Waals surface area (Å²) in [6.45, 7) is 10.9. The summed E-state index contributed by atoms with van der Waals surface area (Å²) in [5.41, 5.74) is 20.1. The molecule has 0 aliphatic heterocycles. The van der Waals surface area contributed by atoms with Crippen molar-refractivity contribution in [3.63, 3.8) is 0 Å². The highest BCUT2D eigenvalue weighted by molar-refractivity contribution is 6.10. The molecular weight excluding hydrogens is 785 g/mol. The fourth-order valence-electron chi connectivity index (χ4n) is 12.9. The van der Waals surface area contributed by atoms with Gasteiger partial charge in [-0.2, -0.15) is 0 Å². The molecule has 2 aromatic rings. The van der Waals surface area contributed by atoms with Crippen LogP contribution in [-0.2, 0) is 10.8 Å². The van der Waals surface area contributed by atoms with E-state index < -0.39 is 0 Å². The molecule has 0 amide bonds. The average molecular weight is 855 g/mol. The zero-order chi connectivity index (χ0) is 45.3. The minimum Gasteiger partial charge on any atom is -0.377 e. The molecule has 1 saturated carbocycles. The van der Waals surface area contributed by atoms with Crippen molar-refractivity contribution in [2.75, 3.05) is 14.1 Å². The minimum atomic E-state index is -0.149. The van der Waals surface area contributed by atoms with E-state index in [0.717, 1.165) is 43.4 Å². The molecule has 2 nitrogen and oxygen atoms in total. The Hall–Kier alpha value is -5.73. The Kier molecular flexibility index (Phi) is 12.5. The number of rotatable bonds is 4. The first-order valence-corrected chi connectivity index (χ1v) is 24.9. The third-order valence-corrected chi connectivity index (χ3v) is 15.2. The Bertz CT molecular complexity index is 2690. The summed E-state index contributed by atoms with van der Waals surface area (Å²) in [7, 11) is 4.06. The van der Waals surface area contributed by atoms with Crippen LogP contribution in [-0.4, -0.2) is 24.7 Å². The fourth-order valence-corrected chi connectivity index (χ4v) is 12.9. The first-order valence-electron chi connectivity index (χ1n) is 24.9. The van der Waals surface area contributed by atoms with Crippen LogP contribution in [0.3, 0.4) is 0 Å². The highest BCUT2D eigenvalue weighted by atomic mass is 15.1. The summed E-state index contributed by atoms with van der Waals surface area (Å²) in [6.07, 6.45) is 55.4. The molecule has 2 heteroatoms. The van der Waals surface area contributed by atoms with Crippen LogP contribution in [0.2, 0.25) is 0 Å². The lowest BCUT2D eigenvalue weighted by Gasteiger charge is -2.52. The van der Waals surface area contributed by atoms with Crippen LogP contribution in [0.5, 0.6) is 0 Å². The van der Waals surface area contributed by atoms with Crippen LogP contribution in [0, 0.1) is 28.6 Å². The number of nitrogens with one attached hydrogen (secondary N) is 1. The number of nitrogens with zero attached hydrogens (tertiary/aromatic N) is 1. The molecule has 10 aliphatic carbocycles. The first-order chi connectivity index (χ1) is 31.7. The Morgan fingerprint density at radius 1 is 0.723 bits per heavy atom. The summed E-state index contributed by atoms with van der Waals surface area (Å²) in [4.78, 5) is 2.09. The van der Waals surface area contributed by atoms with E-state index in [1.54, 1.807) is 39.0 Å². The lowest BCUT2D eigenvalue weighted by Crippen LogP contribution is -2.47. The molecule has 6 atom stereocenters. The van der Waals surface area contributed by atoms with Crippen LogP contribution in [0.25, 0.3) is 5.57 Å². The number of fused-ring (bicyclic) bond motifs is 11. The van der Waals surface area contributed by atoms with Crippen molar-refractivity contribution in [2.45, 2.75) is 103 Å². The van der Waals surface area contributed by atoms with Crippen molar-refractivity contribution in [1.82, 2.24) is 4.90 Å². The maximum Gasteiger partial charge on any atom is 0.0645 e. The second-order valence-electron chi connectivity index (χ2n) is 20.0. The van der Waals surface area contributed by atoms with Gasteiger partial charge in [0.25, 0.3) is 0 Å².